The Kier molecular flexibility index (Phi) is 5.96. The lowest BCUT2D eigenvalue weighted by Crippen LogP contribution is -2.35. The summed E-state index contributed by atoms with van der Waals surface area (Å²) in [5.74, 6) is 0.561. The fraction of sp³-hybridized carbons (Fsp3) is 0.857. The van der Waals surface area contributed by atoms with Gasteiger partial charge in [-0.1, -0.05) is 0 Å². The Morgan fingerprint density at radius 1 is 1.38 bits per heavy atom. The van der Waals surface area contributed by atoms with Crippen LogP contribution in [0.25, 0.3) is 0 Å². The zero-order valence-electron chi connectivity index (χ0n) is 12.2. The van der Waals surface area contributed by atoms with Gasteiger partial charge in [-0.05, 0) is 19.3 Å². The normalized spacial score (nSPS) is 28.3. The van der Waals surface area contributed by atoms with E-state index in [0.717, 1.165) is 6.42 Å². The van der Waals surface area contributed by atoms with Crippen molar-refractivity contribution in [2.24, 2.45) is 5.92 Å². The predicted octanol–water partition coefficient (Wildman–Crippen LogP) is 0.674. The minimum absolute atomic E-state index is 0.159. The van der Waals surface area contributed by atoms with Crippen LogP contribution in [0.5, 0.6) is 0 Å². The topological polar surface area (TPSA) is 91.3 Å². The molecule has 1 N–H and O–H groups in total. The summed E-state index contributed by atoms with van der Waals surface area (Å²) in [5, 5.41) is 9.67. The van der Waals surface area contributed by atoms with E-state index < -0.39 is 24.5 Å². The van der Waals surface area contributed by atoms with Gasteiger partial charge in [0.15, 0.2) is 6.10 Å². The average Bonchev–Trinajstić information content (AvgIpc) is 3.02. The molecule has 0 bridgehead atoms. The number of ketones is 1. The van der Waals surface area contributed by atoms with E-state index in [1.165, 1.54) is 0 Å². The minimum atomic E-state index is -0.701. The zero-order valence-corrected chi connectivity index (χ0v) is 12.2. The second kappa shape index (κ2) is 7.72. The molecule has 0 amide bonds. The van der Waals surface area contributed by atoms with Crippen LogP contribution in [-0.2, 0) is 23.7 Å². The van der Waals surface area contributed by atoms with Crippen LogP contribution in [0.15, 0.2) is 0 Å². The maximum absolute atomic E-state index is 11.2. The van der Waals surface area contributed by atoms with Crippen molar-refractivity contribution >= 4 is 11.9 Å². The molecule has 4 atom stereocenters. The molecule has 0 aromatic heterocycles. The van der Waals surface area contributed by atoms with Gasteiger partial charge >= 0.3 is 6.16 Å². The molecule has 1 saturated heterocycles. The quantitative estimate of drug-likeness (QED) is 0.659. The van der Waals surface area contributed by atoms with Gasteiger partial charge in [0.25, 0.3) is 0 Å². The number of hydrogen-bond acceptors (Lipinski definition) is 7. The van der Waals surface area contributed by atoms with Crippen molar-refractivity contribution in [3.8, 4) is 0 Å². The van der Waals surface area contributed by atoms with E-state index >= 15 is 0 Å². The van der Waals surface area contributed by atoms with Gasteiger partial charge in [-0.3, -0.25) is 4.79 Å². The summed E-state index contributed by atoms with van der Waals surface area (Å²) in [6.07, 6.45) is -0.248. The second-order valence-electron chi connectivity index (χ2n) is 5.60. The zero-order chi connectivity index (χ0) is 15.2. The average molecular weight is 302 g/mol. The first-order valence-corrected chi connectivity index (χ1v) is 7.27. The van der Waals surface area contributed by atoms with E-state index in [-0.39, 0.29) is 31.5 Å². The van der Waals surface area contributed by atoms with Crippen LogP contribution in [-0.4, -0.2) is 61.8 Å². The number of aliphatic hydroxyl groups is 1. The standard InChI is InChI=1S/C14H22O7/c1-9(15)13(19-6-12-7-20-14(17)21-12)8-18-5-10-2-3-11(16)4-10/h9-10,12-13,15H,2-8H2,1H3. The predicted molar refractivity (Wildman–Crippen MR) is 70.8 cm³/mol. The molecular formula is C14H22O7. The van der Waals surface area contributed by atoms with Crippen LogP contribution in [0.3, 0.4) is 0 Å². The highest BCUT2D eigenvalue weighted by Crippen LogP contribution is 2.22. The van der Waals surface area contributed by atoms with Crippen molar-refractivity contribution in [2.75, 3.05) is 26.4 Å². The van der Waals surface area contributed by atoms with Crippen molar-refractivity contribution in [3.63, 3.8) is 0 Å². The summed E-state index contributed by atoms with van der Waals surface area (Å²) in [7, 11) is 0. The minimum Gasteiger partial charge on any atom is -0.430 e. The van der Waals surface area contributed by atoms with Gasteiger partial charge in [-0.15, -0.1) is 0 Å². The smallest absolute Gasteiger partial charge is 0.430 e. The van der Waals surface area contributed by atoms with Crippen molar-refractivity contribution in [1.82, 2.24) is 0 Å². The van der Waals surface area contributed by atoms with Crippen molar-refractivity contribution in [1.29, 1.82) is 0 Å². The molecule has 1 saturated carbocycles. The number of rotatable bonds is 8. The van der Waals surface area contributed by atoms with E-state index in [9.17, 15) is 14.7 Å². The molecule has 0 radical (unpaired) electrons. The van der Waals surface area contributed by atoms with Gasteiger partial charge in [0.2, 0.25) is 0 Å². The Hall–Kier alpha value is -1.18. The highest BCUT2D eigenvalue weighted by atomic mass is 16.8. The van der Waals surface area contributed by atoms with Crippen molar-refractivity contribution in [3.05, 3.63) is 0 Å². The first-order chi connectivity index (χ1) is 10.0. The fourth-order valence-corrected chi connectivity index (χ4v) is 2.39. The van der Waals surface area contributed by atoms with Gasteiger partial charge in [0, 0.05) is 19.4 Å². The van der Waals surface area contributed by atoms with Crippen LogP contribution in [0.2, 0.25) is 0 Å². The maximum Gasteiger partial charge on any atom is 0.508 e. The number of carbonyl (C=O) groups is 2. The van der Waals surface area contributed by atoms with Gasteiger partial charge in [0.05, 0.1) is 19.3 Å². The van der Waals surface area contributed by atoms with E-state index in [2.05, 4.69) is 4.74 Å². The lowest BCUT2D eigenvalue weighted by Gasteiger charge is -2.22. The molecule has 120 valence electrons. The Labute approximate surface area is 123 Å². The summed E-state index contributed by atoms with van der Waals surface area (Å²) < 4.78 is 20.6. The van der Waals surface area contributed by atoms with Crippen molar-refractivity contribution < 1.29 is 33.6 Å². The summed E-state index contributed by atoms with van der Waals surface area (Å²) in [5.41, 5.74) is 0. The number of hydrogen-bond donors (Lipinski definition) is 1. The molecule has 0 aromatic rings. The molecule has 0 aromatic carbocycles. The largest absolute Gasteiger partial charge is 0.508 e. The summed E-state index contributed by atoms with van der Waals surface area (Å²) in [6.45, 7) is 2.68. The van der Waals surface area contributed by atoms with Crippen LogP contribution in [0, 0.1) is 5.92 Å². The van der Waals surface area contributed by atoms with Crippen LogP contribution in [0.4, 0.5) is 4.79 Å². The SMILES string of the molecule is CC(O)C(COCC1CCC(=O)C1)OCC1COC(=O)O1. The number of Topliss-reactive ketones (excluding diaryl/α,β-unsaturated/α-hetero) is 1. The van der Waals surface area contributed by atoms with Crippen molar-refractivity contribution in [2.45, 2.75) is 44.5 Å². The molecule has 0 spiro atoms. The van der Waals surface area contributed by atoms with Crippen LogP contribution >= 0.6 is 0 Å². The first-order valence-electron chi connectivity index (χ1n) is 7.27. The molecular weight excluding hydrogens is 280 g/mol. The van der Waals surface area contributed by atoms with E-state index in [1.807, 2.05) is 0 Å². The first kappa shape index (κ1) is 16.2. The number of cyclic esters (lactones) is 2. The lowest BCUT2D eigenvalue weighted by atomic mass is 10.1. The van der Waals surface area contributed by atoms with Crippen LogP contribution in [0.1, 0.15) is 26.2 Å². The highest BCUT2D eigenvalue weighted by molar-refractivity contribution is 5.80. The van der Waals surface area contributed by atoms with E-state index in [4.69, 9.17) is 14.2 Å². The molecule has 1 heterocycles. The molecule has 1 aliphatic heterocycles. The molecule has 2 fully saturated rings. The summed E-state index contributed by atoms with van der Waals surface area (Å²) in [6, 6.07) is 0. The van der Waals surface area contributed by atoms with Gasteiger partial charge in [-0.25, -0.2) is 4.79 Å². The number of aliphatic hydroxyl groups excluding tert-OH is 1. The Bertz CT molecular complexity index is 368. The molecule has 2 rings (SSSR count). The van der Waals surface area contributed by atoms with Gasteiger partial charge in [-0.2, -0.15) is 0 Å². The molecule has 7 nitrogen and oxygen atoms in total. The molecule has 1 aliphatic carbocycles. The Morgan fingerprint density at radius 2 is 2.19 bits per heavy atom. The Morgan fingerprint density at radius 3 is 2.76 bits per heavy atom. The summed E-state index contributed by atoms with van der Waals surface area (Å²) >= 11 is 0. The molecule has 21 heavy (non-hydrogen) atoms. The maximum atomic E-state index is 11.2. The number of ether oxygens (including phenoxy) is 4. The lowest BCUT2D eigenvalue weighted by molar-refractivity contribution is -0.118. The third-order valence-electron chi connectivity index (χ3n) is 3.67. The highest BCUT2D eigenvalue weighted by Gasteiger charge is 2.28. The number of carbonyl (C=O) groups excluding carboxylic acids is 2. The molecule has 7 heteroatoms. The third-order valence-corrected chi connectivity index (χ3v) is 3.67. The van der Waals surface area contributed by atoms with E-state index in [1.54, 1.807) is 6.92 Å². The third kappa shape index (κ3) is 5.26. The second-order valence-corrected chi connectivity index (χ2v) is 5.60. The monoisotopic (exact) mass is 302 g/mol. The summed E-state index contributed by atoms with van der Waals surface area (Å²) in [4.78, 5) is 21.9. The van der Waals surface area contributed by atoms with E-state index in [0.29, 0.717) is 19.4 Å². The molecule has 2 aliphatic rings. The van der Waals surface area contributed by atoms with Gasteiger partial charge in [0.1, 0.15) is 18.5 Å². The Balaban J connectivity index is 1.64. The van der Waals surface area contributed by atoms with Crippen LogP contribution < -0.4 is 0 Å². The van der Waals surface area contributed by atoms with Gasteiger partial charge < -0.3 is 24.1 Å². The molecule has 4 unspecified atom stereocenters. The fourth-order valence-electron chi connectivity index (χ4n) is 2.39.